The summed E-state index contributed by atoms with van der Waals surface area (Å²) in [5.74, 6) is -0.521. The molecule has 1 amide bonds. The highest BCUT2D eigenvalue weighted by Crippen LogP contribution is 2.55. The Hall–Kier alpha value is -1.68. The monoisotopic (exact) mass is 652 g/mol. The van der Waals surface area contributed by atoms with Crippen LogP contribution in [0.5, 0.6) is 0 Å². The van der Waals surface area contributed by atoms with Gasteiger partial charge in [0, 0.05) is 20.2 Å². The van der Waals surface area contributed by atoms with Gasteiger partial charge >= 0.3 is 7.82 Å². The van der Waals surface area contributed by atoms with Crippen LogP contribution in [0.1, 0.15) is 82.3 Å². The number of halogens is 1. The number of nitrogens with zero attached hydrogens (tertiary/aromatic N) is 5. The second-order valence-electron chi connectivity index (χ2n) is 11.8. The number of rotatable bonds is 12. The predicted octanol–water partition coefficient (Wildman–Crippen LogP) is 3.71. The van der Waals surface area contributed by atoms with Crippen LogP contribution in [-0.4, -0.2) is 86.0 Å². The van der Waals surface area contributed by atoms with E-state index >= 15 is 0 Å². The van der Waals surface area contributed by atoms with Crippen molar-refractivity contribution in [3.05, 3.63) is 21.7 Å². The molecule has 0 unspecified atom stereocenters. The van der Waals surface area contributed by atoms with Gasteiger partial charge in [-0.3, -0.25) is 22.9 Å². The van der Waals surface area contributed by atoms with Crippen LogP contribution in [0.2, 0.25) is 5.15 Å². The first-order valence-electron chi connectivity index (χ1n) is 13.6. The molecule has 0 spiro atoms. The molecule has 1 aliphatic heterocycles. The van der Waals surface area contributed by atoms with Crippen molar-refractivity contribution in [2.75, 3.05) is 31.7 Å². The van der Waals surface area contributed by atoms with Crippen LogP contribution in [-0.2, 0) is 36.0 Å². The molecule has 0 aromatic carbocycles. The molecule has 14 nitrogen and oxygen atoms in total. The van der Waals surface area contributed by atoms with Crippen molar-refractivity contribution in [2.24, 2.45) is 0 Å². The standard InChI is InChI=1S/C25H42ClN6O8PS/c1-9-16-19(26)28-20(32(16)14-38-41(36,39-24(2,3)4)40-25(5,6)7)21(35)27-15-10-11-31(12-18(15)37-8)23-30-29-22(42-23)17(34)13-33/h15,17-18,33-34H,9-14H2,1-8H3,(H,27,35)/t15-,17+,18+/m1/s1. The summed E-state index contributed by atoms with van der Waals surface area (Å²) in [4.78, 5) is 19.8. The maximum Gasteiger partial charge on any atom is 0.477 e. The third-order valence-corrected chi connectivity index (χ3v) is 9.38. The minimum Gasteiger partial charge on any atom is -0.393 e. The van der Waals surface area contributed by atoms with Crippen molar-refractivity contribution in [1.82, 2.24) is 25.1 Å². The molecular weight excluding hydrogens is 611 g/mol. The van der Waals surface area contributed by atoms with Crippen LogP contribution < -0.4 is 10.2 Å². The van der Waals surface area contributed by atoms with E-state index in [-0.39, 0.29) is 23.8 Å². The molecule has 0 saturated carbocycles. The van der Waals surface area contributed by atoms with Crippen LogP contribution in [0, 0.1) is 0 Å². The van der Waals surface area contributed by atoms with Gasteiger partial charge in [-0.25, -0.2) is 9.55 Å². The van der Waals surface area contributed by atoms with Gasteiger partial charge in [0.1, 0.15) is 17.8 Å². The average molecular weight is 653 g/mol. The zero-order chi connectivity index (χ0) is 31.5. The number of piperidine rings is 1. The number of hydrogen-bond donors (Lipinski definition) is 3. The minimum absolute atomic E-state index is 0.0149. The third-order valence-electron chi connectivity index (χ3n) is 6.01. The summed E-state index contributed by atoms with van der Waals surface area (Å²) < 4.78 is 38.0. The number of nitrogens with one attached hydrogen (secondary N) is 1. The molecule has 1 aliphatic rings. The number of phosphoric ester groups is 1. The van der Waals surface area contributed by atoms with Gasteiger partial charge in [0.25, 0.3) is 5.91 Å². The van der Waals surface area contributed by atoms with Gasteiger partial charge in [0.05, 0.1) is 35.6 Å². The van der Waals surface area contributed by atoms with E-state index in [1.54, 1.807) is 48.7 Å². The van der Waals surface area contributed by atoms with Crippen molar-refractivity contribution in [3.63, 3.8) is 0 Å². The van der Waals surface area contributed by atoms with Crippen molar-refractivity contribution in [2.45, 2.75) is 97.5 Å². The molecule has 2 aromatic rings. The van der Waals surface area contributed by atoms with Crippen molar-refractivity contribution >= 4 is 41.8 Å². The lowest BCUT2D eigenvalue weighted by molar-refractivity contribution is -0.00680. The first-order valence-corrected chi connectivity index (χ1v) is 16.3. The maximum atomic E-state index is 13.6. The fourth-order valence-corrected chi connectivity index (χ4v) is 7.18. The lowest BCUT2D eigenvalue weighted by Crippen LogP contribution is -2.55. The molecular formula is C25H42ClN6O8PS. The number of phosphoric acid groups is 1. The summed E-state index contributed by atoms with van der Waals surface area (Å²) in [6.45, 7) is 12.4. The number of aromatic nitrogens is 4. The number of anilines is 1. The number of imidazole rings is 1. The highest BCUT2D eigenvalue weighted by atomic mass is 35.5. The Morgan fingerprint density at radius 1 is 1.21 bits per heavy atom. The molecule has 0 radical (unpaired) electrons. The predicted molar refractivity (Wildman–Crippen MR) is 158 cm³/mol. The normalized spacial score (nSPS) is 19.3. The van der Waals surface area contributed by atoms with Gasteiger partial charge < -0.3 is 25.2 Å². The lowest BCUT2D eigenvalue weighted by atomic mass is 10.0. The van der Waals surface area contributed by atoms with Crippen LogP contribution in [0.4, 0.5) is 5.13 Å². The van der Waals surface area contributed by atoms with E-state index in [1.807, 2.05) is 11.8 Å². The number of amides is 1. The number of carbonyl (C=O) groups is 1. The van der Waals surface area contributed by atoms with Crippen LogP contribution >= 0.6 is 30.8 Å². The fourth-order valence-electron chi connectivity index (χ4n) is 4.27. The SMILES string of the molecule is CCc1c(Cl)nc(C(=O)N[C@@H]2CCN(c3nnc([C@@H](O)CO)s3)C[C@@H]2OC)n1COP(=O)(OC(C)(C)C)OC(C)(C)C. The van der Waals surface area contributed by atoms with E-state index in [4.69, 9.17) is 29.9 Å². The van der Waals surface area contributed by atoms with Crippen LogP contribution in [0.25, 0.3) is 0 Å². The Morgan fingerprint density at radius 3 is 2.40 bits per heavy atom. The van der Waals surface area contributed by atoms with Crippen molar-refractivity contribution in [3.8, 4) is 0 Å². The second kappa shape index (κ2) is 14.0. The minimum atomic E-state index is -4.08. The molecule has 17 heteroatoms. The van der Waals surface area contributed by atoms with E-state index in [9.17, 15) is 19.6 Å². The summed E-state index contributed by atoms with van der Waals surface area (Å²) >= 11 is 7.59. The van der Waals surface area contributed by atoms with Gasteiger partial charge in [-0.15, -0.1) is 10.2 Å². The van der Waals surface area contributed by atoms with E-state index in [0.29, 0.717) is 41.8 Å². The molecule has 3 atom stereocenters. The summed E-state index contributed by atoms with van der Waals surface area (Å²) in [5, 5.41) is 31.1. The van der Waals surface area contributed by atoms with Crippen LogP contribution in [0.3, 0.4) is 0 Å². The van der Waals surface area contributed by atoms with Crippen molar-refractivity contribution < 1.29 is 37.9 Å². The summed E-state index contributed by atoms with van der Waals surface area (Å²) in [5.41, 5.74) is -1.14. The van der Waals surface area contributed by atoms with Gasteiger partial charge in [-0.05, 0) is 54.4 Å². The Labute approximate surface area is 255 Å². The van der Waals surface area contributed by atoms with E-state index in [2.05, 4.69) is 20.5 Å². The van der Waals surface area contributed by atoms with Gasteiger partial charge in [-0.1, -0.05) is 29.9 Å². The number of methoxy groups -OCH3 is 1. The number of aliphatic hydroxyl groups excluding tert-OH is 2. The highest BCUT2D eigenvalue weighted by Gasteiger charge is 2.38. The highest BCUT2D eigenvalue weighted by molar-refractivity contribution is 7.48. The fraction of sp³-hybridized carbons (Fsp3) is 0.760. The molecule has 3 N–H and O–H groups in total. The average Bonchev–Trinajstić information content (AvgIpc) is 3.49. The zero-order valence-corrected chi connectivity index (χ0v) is 27.8. The Bertz CT molecular complexity index is 1240. The Balaban J connectivity index is 1.77. The van der Waals surface area contributed by atoms with Gasteiger partial charge in [-0.2, -0.15) is 0 Å². The molecule has 0 bridgehead atoms. The van der Waals surface area contributed by atoms with Crippen molar-refractivity contribution in [1.29, 1.82) is 0 Å². The molecule has 1 fully saturated rings. The Morgan fingerprint density at radius 2 is 1.86 bits per heavy atom. The molecule has 2 aromatic heterocycles. The lowest BCUT2D eigenvalue weighted by Gasteiger charge is -2.37. The third kappa shape index (κ3) is 9.16. The first kappa shape index (κ1) is 34.8. The maximum absolute atomic E-state index is 13.6. The summed E-state index contributed by atoms with van der Waals surface area (Å²) in [7, 11) is -2.53. The molecule has 3 rings (SSSR count). The largest absolute Gasteiger partial charge is 0.477 e. The summed E-state index contributed by atoms with van der Waals surface area (Å²) in [6, 6.07) is -0.372. The van der Waals surface area contributed by atoms with E-state index in [1.165, 1.54) is 15.9 Å². The molecule has 3 heterocycles. The van der Waals surface area contributed by atoms with E-state index < -0.39 is 43.7 Å². The number of ether oxygens (including phenoxy) is 1. The van der Waals surface area contributed by atoms with Crippen LogP contribution in [0.15, 0.2) is 0 Å². The molecule has 1 saturated heterocycles. The number of carbonyl (C=O) groups excluding carboxylic acids is 1. The quantitative estimate of drug-likeness (QED) is 0.284. The van der Waals surface area contributed by atoms with Gasteiger partial charge in [0.15, 0.2) is 5.15 Å². The van der Waals surface area contributed by atoms with E-state index in [0.717, 1.165) is 0 Å². The zero-order valence-electron chi connectivity index (χ0n) is 25.3. The Kier molecular flexibility index (Phi) is 11.6. The molecule has 238 valence electrons. The molecule has 0 aliphatic carbocycles. The number of aliphatic hydroxyl groups is 2. The molecule has 42 heavy (non-hydrogen) atoms. The van der Waals surface area contributed by atoms with Gasteiger partial charge in [0.2, 0.25) is 11.0 Å². The topological polar surface area (TPSA) is 170 Å². The number of hydrogen-bond acceptors (Lipinski definition) is 13. The second-order valence-corrected chi connectivity index (χ2v) is 14.6. The first-order chi connectivity index (χ1) is 19.5. The summed E-state index contributed by atoms with van der Waals surface area (Å²) in [6.07, 6.45) is -0.547. The smallest absolute Gasteiger partial charge is 0.393 e.